The minimum absolute atomic E-state index is 0.0740. The number of cyclic esters (lactones) is 1. The number of rotatable bonds is 23. The first-order valence-corrected chi connectivity index (χ1v) is 27.8. The molecule has 1 saturated heterocycles. The first-order valence-electron chi connectivity index (χ1n) is 27.8. The van der Waals surface area contributed by atoms with E-state index in [9.17, 15) is 43.2 Å². The van der Waals surface area contributed by atoms with Gasteiger partial charge in [-0.05, 0) is 103 Å². The second kappa shape index (κ2) is 25.4. The second-order valence-electron chi connectivity index (χ2n) is 21.4. The van der Waals surface area contributed by atoms with Gasteiger partial charge in [0.15, 0.2) is 0 Å². The third-order valence-electron chi connectivity index (χ3n) is 16.0. The van der Waals surface area contributed by atoms with Gasteiger partial charge in [-0.3, -0.25) is 43.2 Å². The average Bonchev–Trinajstić information content (AvgIpc) is 3.96. The lowest BCUT2D eigenvalue weighted by atomic mass is 9.81. The van der Waals surface area contributed by atoms with Crippen LogP contribution in [-0.2, 0) is 75.6 Å². The summed E-state index contributed by atoms with van der Waals surface area (Å²) in [6.45, 7) is 7.08. The number of pyridine rings is 2. The van der Waals surface area contributed by atoms with Gasteiger partial charge in [0.05, 0.1) is 67.2 Å². The minimum Gasteiger partial charge on any atom is -0.460 e. The van der Waals surface area contributed by atoms with Gasteiger partial charge in [0, 0.05) is 54.4 Å². The Hall–Kier alpha value is -8.33. The summed E-state index contributed by atoms with van der Waals surface area (Å²) in [5.41, 5.74) is 6.92. The Morgan fingerprint density at radius 2 is 1.56 bits per heavy atom. The molecule has 5 atom stereocenters. The van der Waals surface area contributed by atoms with Crippen molar-refractivity contribution in [3.05, 3.63) is 133 Å². The Kier molecular flexibility index (Phi) is 18.0. The van der Waals surface area contributed by atoms with Gasteiger partial charge in [0.2, 0.25) is 35.4 Å². The van der Waals surface area contributed by atoms with Crippen LogP contribution < -0.4 is 37.5 Å². The molecule has 1 aliphatic carbocycles. The molecule has 3 aromatic carbocycles. The smallest absolute Gasteiger partial charge is 0.313 e. The predicted octanol–water partition coefficient (Wildman–Crippen LogP) is 4.32. The molecule has 0 radical (unpaired) electrons. The van der Waals surface area contributed by atoms with Crippen LogP contribution in [0.3, 0.4) is 0 Å². The van der Waals surface area contributed by atoms with Gasteiger partial charge in [-0.15, -0.1) is 0 Å². The summed E-state index contributed by atoms with van der Waals surface area (Å²) in [7, 11) is 0. The molecule has 426 valence electrons. The Labute approximate surface area is 467 Å². The van der Waals surface area contributed by atoms with Crippen molar-refractivity contribution < 1.29 is 52.2 Å². The van der Waals surface area contributed by atoms with E-state index in [-0.39, 0.29) is 81.2 Å². The van der Waals surface area contributed by atoms with E-state index in [0.717, 1.165) is 40.5 Å². The molecule has 0 bridgehead atoms. The number of nitrogens with zero attached hydrogens (tertiary/aromatic N) is 3. The molecular weight excluding hydrogens is 1040 g/mol. The number of benzene rings is 3. The first kappa shape index (κ1) is 57.4. The molecule has 1 fully saturated rings. The number of aryl methyl sites for hydroxylation is 1. The van der Waals surface area contributed by atoms with Crippen molar-refractivity contribution in [2.75, 3.05) is 32.9 Å². The highest BCUT2D eigenvalue weighted by Gasteiger charge is 2.38. The third-order valence-corrected chi connectivity index (χ3v) is 16.0. The SMILES string of the molecule is CC[C@H]1C(=O)OCc2c1cc1n(c2=O)Cc2c-1nc1cc(F)c(C)c3c1c2[C@@H](NC(=O)c1ccc(COCNC(=O)CNC(=O)[C@H](Cc2ccccc2)NC(=O)CNC(=O)CNC(=O)CCCCCN2C(=O)CC(C)C2C)cc1)CC3. The van der Waals surface area contributed by atoms with Gasteiger partial charge < -0.3 is 50.8 Å². The molecule has 9 rings (SSSR count). The highest BCUT2D eigenvalue weighted by molar-refractivity contribution is 5.97. The number of halogens is 1. The van der Waals surface area contributed by atoms with Crippen LogP contribution in [0.1, 0.15) is 133 Å². The molecule has 0 saturated carbocycles. The summed E-state index contributed by atoms with van der Waals surface area (Å²) in [5, 5.41) is 16.7. The van der Waals surface area contributed by atoms with Crippen LogP contribution in [0.2, 0.25) is 0 Å². The summed E-state index contributed by atoms with van der Waals surface area (Å²) in [4.78, 5) is 124. The third kappa shape index (κ3) is 13.0. The number of likely N-dealkylation sites (tertiary alicyclic amines) is 1. The number of amides is 7. The molecule has 3 aliphatic heterocycles. The van der Waals surface area contributed by atoms with E-state index in [1.807, 2.05) is 17.9 Å². The Balaban J connectivity index is 0.724. The van der Waals surface area contributed by atoms with Gasteiger partial charge in [-0.25, -0.2) is 9.37 Å². The lowest BCUT2D eigenvalue weighted by Gasteiger charge is -2.30. The zero-order valence-corrected chi connectivity index (χ0v) is 46.0. The van der Waals surface area contributed by atoms with Crippen LogP contribution in [0.25, 0.3) is 22.3 Å². The van der Waals surface area contributed by atoms with Gasteiger partial charge in [-0.1, -0.05) is 62.7 Å². The molecule has 0 spiro atoms. The van der Waals surface area contributed by atoms with Crippen LogP contribution in [0, 0.1) is 18.7 Å². The van der Waals surface area contributed by atoms with Gasteiger partial charge in [0.25, 0.3) is 11.5 Å². The molecule has 21 heteroatoms. The zero-order chi connectivity index (χ0) is 57.5. The number of ether oxygens (including phenoxy) is 2. The fourth-order valence-electron chi connectivity index (χ4n) is 11.4. The number of esters is 1. The Morgan fingerprint density at radius 1 is 0.827 bits per heavy atom. The Bertz CT molecular complexity index is 3350. The van der Waals surface area contributed by atoms with E-state index in [1.165, 1.54) is 6.07 Å². The second-order valence-corrected chi connectivity index (χ2v) is 21.4. The molecule has 4 aliphatic rings. The highest BCUT2D eigenvalue weighted by Crippen LogP contribution is 2.45. The van der Waals surface area contributed by atoms with Gasteiger partial charge >= 0.3 is 5.97 Å². The topological polar surface area (TPSA) is 265 Å². The number of nitrogens with one attached hydrogen (secondary N) is 6. The van der Waals surface area contributed by atoms with Crippen molar-refractivity contribution in [3.63, 3.8) is 0 Å². The van der Waals surface area contributed by atoms with Crippen molar-refractivity contribution in [1.82, 2.24) is 46.4 Å². The normalized spacial score (nSPS) is 18.0. The quantitative estimate of drug-likeness (QED) is 0.0298. The number of carbonyl (C=O) groups is 8. The number of aromatic nitrogens is 2. The molecule has 2 unspecified atom stereocenters. The van der Waals surface area contributed by atoms with Crippen LogP contribution >= 0.6 is 0 Å². The standard InChI is InChI=1S/C60H68FN9O11/c1-5-39-41-24-48-56-42(29-70(48)59(78)43(41)31-81-60(39)79)55-45(20-19-40-34(3)44(61)25-46(67-56)54(40)55)68-57(76)38-17-15-37(16-18-38)30-80-32-65-51(73)27-64-58(77)47(23-36-12-8-6-9-13-36)66-52(74)28-63-50(72)26-62-49(71)14-10-7-11-21-69-35(4)33(2)22-53(69)75/h6,8-9,12-13,15-18,24-25,33,35,39,45,47H,5,7,10-11,14,19-23,26-32H2,1-4H3,(H,62,71)(H,63,72)(H,64,77)(H,65,73)(H,66,74)(H,68,76)/t33?,35?,39-,45+,47+/m1/s1. The molecular formula is C60H68FN9O11. The lowest BCUT2D eigenvalue weighted by Crippen LogP contribution is -2.52. The number of unbranched alkanes of at least 4 members (excludes halogenated alkanes) is 2. The van der Waals surface area contributed by atoms with Crippen molar-refractivity contribution in [2.24, 2.45) is 5.92 Å². The van der Waals surface area contributed by atoms with E-state index in [2.05, 4.69) is 45.7 Å². The number of hydrogen-bond acceptors (Lipinski definition) is 12. The largest absolute Gasteiger partial charge is 0.460 e. The number of hydrogen-bond donors (Lipinski definition) is 6. The van der Waals surface area contributed by atoms with Crippen LogP contribution in [0.5, 0.6) is 0 Å². The summed E-state index contributed by atoms with van der Waals surface area (Å²) in [5.74, 6) is -3.99. The molecule has 2 aromatic heterocycles. The monoisotopic (exact) mass is 1110 g/mol. The fraction of sp³-hybridized carbons (Fsp3) is 0.433. The fourth-order valence-corrected chi connectivity index (χ4v) is 11.4. The van der Waals surface area contributed by atoms with Crippen LogP contribution in [0.4, 0.5) is 4.39 Å². The molecule has 5 aromatic rings. The molecule has 81 heavy (non-hydrogen) atoms. The maximum Gasteiger partial charge on any atom is 0.313 e. The number of carbonyl (C=O) groups excluding carboxylic acids is 8. The molecule has 20 nitrogen and oxygen atoms in total. The van der Waals surface area contributed by atoms with E-state index < -0.39 is 60.5 Å². The van der Waals surface area contributed by atoms with Crippen molar-refractivity contribution in [1.29, 1.82) is 0 Å². The predicted molar refractivity (Wildman–Crippen MR) is 295 cm³/mol. The van der Waals surface area contributed by atoms with E-state index >= 15 is 4.39 Å². The number of fused-ring (bicyclic) bond motifs is 5. The maximum absolute atomic E-state index is 15.4. The van der Waals surface area contributed by atoms with E-state index in [0.29, 0.717) is 89.3 Å². The summed E-state index contributed by atoms with van der Waals surface area (Å²) < 4.78 is 28.1. The van der Waals surface area contributed by atoms with Crippen LogP contribution in [-0.4, -0.2) is 107 Å². The summed E-state index contributed by atoms with van der Waals surface area (Å²) in [6, 6.07) is 17.5. The van der Waals surface area contributed by atoms with Gasteiger partial charge in [-0.2, -0.15) is 0 Å². The summed E-state index contributed by atoms with van der Waals surface area (Å²) in [6.07, 6.45) is 4.42. The van der Waals surface area contributed by atoms with Crippen LogP contribution in [0.15, 0.2) is 71.5 Å². The summed E-state index contributed by atoms with van der Waals surface area (Å²) >= 11 is 0. The average molecular weight is 1110 g/mol. The first-order chi connectivity index (χ1) is 39.0. The molecule has 6 N–H and O–H groups in total. The zero-order valence-electron chi connectivity index (χ0n) is 46.0. The molecule has 7 amide bonds. The lowest BCUT2D eigenvalue weighted by molar-refractivity contribution is -0.148. The van der Waals surface area contributed by atoms with Gasteiger partial charge in [0.1, 0.15) is 25.2 Å². The minimum atomic E-state index is -1.10. The van der Waals surface area contributed by atoms with E-state index in [1.54, 1.807) is 66.1 Å². The molecule has 5 heterocycles. The van der Waals surface area contributed by atoms with Crippen molar-refractivity contribution in [2.45, 2.75) is 129 Å². The van der Waals surface area contributed by atoms with E-state index in [4.69, 9.17) is 14.5 Å². The van der Waals surface area contributed by atoms with Crippen molar-refractivity contribution >= 4 is 58.2 Å². The Morgan fingerprint density at radius 3 is 2.30 bits per heavy atom. The maximum atomic E-state index is 15.4. The highest BCUT2D eigenvalue weighted by atomic mass is 19.1. The van der Waals surface area contributed by atoms with Crippen molar-refractivity contribution in [3.8, 4) is 11.4 Å².